The Balaban J connectivity index is 2.23. The van der Waals surface area contributed by atoms with Gasteiger partial charge in [-0.1, -0.05) is 6.07 Å². The molecule has 2 rings (SSSR count). The Morgan fingerprint density at radius 1 is 1.47 bits per heavy atom. The summed E-state index contributed by atoms with van der Waals surface area (Å²) in [6.45, 7) is 0.710. The largest absolute Gasteiger partial charge is 0.467 e. The van der Waals surface area contributed by atoms with Gasteiger partial charge in [-0.25, -0.2) is 4.39 Å². The third kappa shape index (κ3) is 1.98. The van der Waals surface area contributed by atoms with E-state index in [1.807, 2.05) is 6.07 Å². The highest BCUT2D eigenvalue weighted by atomic mass is 19.1. The lowest BCUT2D eigenvalue weighted by atomic mass is 10.2. The predicted octanol–water partition coefficient (Wildman–Crippen LogP) is 2.02. The van der Waals surface area contributed by atoms with E-state index in [4.69, 9.17) is 0 Å². The summed E-state index contributed by atoms with van der Waals surface area (Å²) >= 11 is 0. The number of ether oxygens (including phenoxy) is 1. The van der Waals surface area contributed by atoms with Crippen molar-refractivity contribution in [3.63, 3.8) is 0 Å². The van der Waals surface area contributed by atoms with E-state index < -0.39 is 0 Å². The maximum atomic E-state index is 13.3. The fourth-order valence-electron chi connectivity index (χ4n) is 1.53. The van der Waals surface area contributed by atoms with Crippen LogP contribution in [-0.4, -0.2) is 18.1 Å². The molecule has 0 radical (unpaired) electrons. The molecule has 0 amide bonds. The number of benzene rings is 1. The quantitative estimate of drug-likeness (QED) is 0.615. The fraction of sp³-hybridized carbons (Fsp3) is 0.182. The van der Waals surface area contributed by atoms with Gasteiger partial charge in [0.1, 0.15) is 5.82 Å². The summed E-state index contributed by atoms with van der Waals surface area (Å²) in [5.41, 5.74) is 1.62. The van der Waals surface area contributed by atoms with Crippen molar-refractivity contribution >= 4 is 17.4 Å². The number of aromatic amines is 1. The monoisotopic (exact) mass is 207 g/mol. The summed E-state index contributed by atoms with van der Waals surface area (Å²) in [7, 11) is 0. The molecule has 78 valence electrons. The first kappa shape index (κ1) is 9.71. The lowest BCUT2D eigenvalue weighted by Crippen LogP contribution is -1.96. The SMILES string of the molecule is O=COCCc1cc2c(F)cccc2[nH]1. The molecular weight excluding hydrogens is 197 g/mol. The van der Waals surface area contributed by atoms with Crippen molar-refractivity contribution in [1.82, 2.24) is 4.98 Å². The molecular formula is C11H10FNO2. The summed E-state index contributed by atoms with van der Waals surface area (Å²) in [5.74, 6) is -0.244. The molecule has 0 saturated heterocycles. The molecule has 0 bridgehead atoms. The third-order valence-electron chi connectivity index (χ3n) is 2.22. The van der Waals surface area contributed by atoms with Crippen LogP contribution in [0.15, 0.2) is 24.3 Å². The molecule has 1 aromatic carbocycles. The van der Waals surface area contributed by atoms with Gasteiger partial charge in [-0.05, 0) is 18.2 Å². The van der Waals surface area contributed by atoms with Crippen LogP contribution in [0.3, 0.4) is 0 Å². The van der Waals surface area contributed by atoms with Crippen LogP contribution in [0.1, 0.15) is 5.69 Å². The number of halogens is 1. The standard InChI is InChI=1S/C11H10FNO2/c12-10-2-1-3-11-9(10)6-8(13-11)4-5-15-7-14/h1-3,6-7,13H,4-5H2. The lowest BCUT2D eigenvalue weighted by molar-refractivity contribution is -0.128. The second kappa shape index (κ2) is 4.13. The molecule has 3 nitrogen and oxygen atoms in total. The van der Waals surface area contributed by atoms with Crippen LogP contribution in [0, 0.1) is 5.82 Å². The summed E-state index contributed by atoms with van der Waals surface area (Å²) < 4.78 is 17.8. The van der Waals surface area contributed by atoms with Crippen molar-refractivity contribution in [2.24, 2.45) is 0 Å². The van der Waals surface area contributed by atoms with Crippen LogP contribution < -0.4 is 0 Å². The van der Waals surface area contributed by atoms with Gasteiger partial charge in [-0.2, -0.15) is 0 Å². The highest BCUT2D eigenvalue weighted by molar-refractivity contribution is 5.80. The smallest absolute Gasteiger partial charge is 0.293 e. The van der Waals surface area contributed by atoms with Crippen LogP contribution in [0.4, 0.5) is 4.39 Å². The molecule has 0 aliphatic carbocycles. The minimum atomic E-state index is -0.244. The van der Waals surface area contributed by atoms with E-state index in [1.54, 1.807) is 12.1 Å². The third-order valence-corrected chi connectivity index (χ3v) is 2.22. The molecule has 1 N–H and O–H groups in total. The van der Waals surface area contributed by atoms with E-state index in [9.17, 15) is 9.18 Å². The minimum Gasteiger partial charge on any atom is -0.467 e. The summed E-state index contributed by atoms with van der Waals surface area (Å²) in [6, 6.07) is 6.61. The van der Waals surface area contributed by atoms with E-state index in [-0.39, 0.29) is 5.82 Å². The first-order valence-electron chi connectivity index (χ1n) is 4.62. The van der Waals surface area contributed by atoms with Crippen molar-refractivity contribution in [3.8, 4) is 0 Å². The zero-order chi connectivity index (χ0) is 10.7. The molecule has 0 aliphatic rings. The van der Waals surface area contributed by atoms with Crippen molar-refractivity contribution in [3.05, 3.63) is 35.8 Å². The Bertz CT molecular complexity index is 478. The van der Waals surface area contributed by atoms with Gasteiger partial charge >= 0.3 is 0 Å². The maximum absolute atomic E-state index is 13.3. The molecule has 2 aromatic rings. The Kier molecular flexibility index (Phi) is 2.67. The van der Waals surface area contributed by atoms with Crippen LogP contribution in [0.5, 0.6) is 0 Å². The van der Waals surface area contributed by atoms with Gasteiger partial charge in [-0.3, -0.25) is 4.79 Å². The molecule has 0 saturated carbocycles. The first-order valence-corrected chi connectivity index (χ1v) is 4.62. The molecule has 0 unspecified atom stereocenters. The van der Waals surface area contributed by atoms with E-state index in [0.29, 0.717) is 24.9 Å². The van der Waals surface area contributed by atoms with Crippen molar-refractivity contribution in [2.75, 3.05) is 6.61 Å². The topological polar surface area (TPSA) is 42.1 Å². The summed E-state index contributed by atoms with van der Waals surface area (Å²) in [6.07, 6.45) is 0.562. The fourth-order valence-corrected chi connectivity index (χ4v) is 1.53. The van der Waals surface area contributed by atoms with Crippen molar-refractivity contribution < 1.29 is 13.9 Å². The van der Waals surface area contributed by atoms with Gasteiger partial charge in [0.2, 0.25) is 0 Å². The number of hydrogen-bond donors (Lipinski definition) is 1. The van der Waals surface area contributed by atoms with E-state index in [0.717, 1.165) is 11.2 Å². The number of carbonyl (C=O) groups is 1. The van der Waals surface area contributed by atoms with Gasteiger partial charge in [0.25, 0.3) is 6.47 Å². The Morgan fingerprint density at radius 2 is 2.33 bits per heavy atom. The van der Waals surface area contributed by atoms with Gasteiger partial charge in [0, 0.05) is 23.0 Å². The van der Waals surface area contributed by atoms with Gasteiger partial charge in [0.05, 0.1) is 6.61 Å². The highest BCUT2D eigenvalue weighted by Crippen LogP contribution is 2.18. The maximum Gasteiger partial charge on any atom is 0.293 e. The zero-order valence-corrected chi connectivity index (χ0v) is 8.00. The second-order valence-electron chi connectivity index (χ2n) is 3.21. The van der Waals surface area contributed by atoms with Gasteiger partial charge < -0.3 is 9.72 Å². The van der Waals surface area contributed by atoms with Crippen LogP contribution in [0.2, 0.25) is 0 Å². The highest BCUT2D eigenvalue weighted by Gasteiger charge is 2.04. The Hall–Kier alpha value is -1.84. The number of carbonyl (C=O) groups excluding carboxylic acids is 1. The molecule has 0 atom stereocenters. The zero-order valence-electron chi connectivity index (χ0n) is 8.00. The van der Waals surface area contributed by atoms with E-state index in [2.05, 4.69) is 9.72 Å². The van der Waals surface area contributed by atoms with Crippen molar-refractivity contribution in [1.29, 1.82) is 0 Å². The number of rotatable bonds is 4. The second-order valence-corrected chi connectivity index (χ2v) is 3.21. The number of nitrogens with one attached hydrogen (secondary N) is 1. The molecule has 0 fully saturated rings. The first-order chi connectivity index (χ1) is 7.31. The van der Waals surface area contributed by atoms with Gasteiger partial charge in [-0.15, -0.1) is 0 Å². The number of hydrogen-bond acceptors (Lipinski definition) is 2. The molecule has 1 aromatic heterocycles. The number of H-pyrrole nitrogens is 1. The van der Waals surface area contributed by atoms with Crippen LogP contribution >= 0.6 is 0 Å². The summed E-state index contributed by atoms with van der Waals surface area (Å²) in [5, 5.41) is 0.568. The number of aromatic nitrogens is 1. The molecule has 0 spiro atoms. The molecule has 1 heterocycles. The average molecular weight is 207 g/mol. The van der Waals surface area contributed by atoms with E-state index >= 15 is 0 Å². The van der Waals surface area contributed by atoms with E-state index in [1.165, 1.54) is 6.07 Å². The van der Waals surface area contributed by atoms with Crippen molar-refractivity contribution in [2.45, 2.75) is 6.42 Å². The summed E-state index contributed by atoms with van der Waals surface area (Å²) in [4.78, 5) is 13.0. The average Bonchev–Trinajstić information content (AvgIpc) is 2.63. The Labute approximate surface area is 85.9 Å². The lowest BCUT2D eigenvalue weighted by Gasteiger charge is -1.94. The Morgan fingerprint density at radius 3 is 3.07 bits per heavy atom. The molecule has 15 heavy (non-hydrogen) atoms. The minimum absolute atomic E-state index is 0.244. The molecule has 0 aliphatic heterocycles. The predicted molar refractivity (Wildman–Crippen MR) is 54.0 cm³/mol. The van der Waals surface area contributed by atoms with Crippen LogP contribution in [-0.2, 0) is 16.0 Å². The number of fused-ring (bicyclic) bond motifs is 1. The normalized spacial score (nSPS) is 10.5. The molecule has 4 heteroatoms. The van der Waals surface area contributed by atoms with Gasteiger partial charge in [0.15, 0.2) is 0 Å². The van der Waals surface area contributed by atoms with Crippen LogP contribution in [0.25, 0.3) is 10.9 Å².